The van der Waals surface area contributed by atoms with Crippen LogP contribution in [0.2, 0.25) is 5.02 Å². The largest absolute Gasteiger partial charge is 0.359 e. The Morgan fingerprint density at radius 3 is 2.41 bits per heavy atom. The zero-order valence-corrected chi connectivity index (χ0v) is 23.8. The van der Waals surface area contributed by atoms with Crippen molar-refractivity contribution >= 4 is 35.0 Å². The monoisotopic (exact) mass is 556 g/mol. The molecular weight excluding hydrogens is 516 g/mol. The lowest BCUT2D eigenvalue weighted by atomic mass is 9.74. The summed E-state index contributed by atoms with van der Waals surface area (Å²) in [6.45, 7) is 7.27. The minimum absolute atomic E-state index is 0.113. The first kappa shape index (κ1) is 28.1. The molecule has 3 aliphatic heterocycles. The van der Waals surface area contributed by atoms with E-state index >= 15 is 0 Å². The summed E-state index contributed by atoms with van der Waals surface area (Å²) in [5, 5.41) is 6.77. The van der Waals surface area contributed by atoms with Crippen molar-refractivity contribution in [1.29, 1.82) is 0 Å². The minimum atomic E-state index is -1.14. The highest BCUT2D eigenvalue weighted by molar-refractivity contribution is 6.30. The predicted molar refractivity (Wildman–Crippen MR) is 151 cm³/mol. The number of nitrogens with zero attached hydrogens (tertiary/aromatic N) is 2. The third kappa shape index (κ3) is 5.48. The second-order valence-electron chi connectivity index (χ2n) is 11.4. The first-order valence-corrected chi connectivity index (χ1v) is 15.0. The molecule has 1 saturated carbocycles. The molecule has 3 amide bonds. The van der Waals surface area contributed by atoms with Gasteiger partial charge in [-0.3, -0.25) is 14.4 Å². The van der Waals surface area contributed by atoms with E-state index in [1.807, 2.05) is 12.2 Å². The molecule has 3 heterocycles. The summed E-state index contributed by atoms with van der Waals surface area (Å²) in [5.74, 6) is -2.07. The first-order valence-electron chi connectivity index (χ1n) is 14.6. The molecule has 4 aliphatic rings. The Labute approximate surface area is 236 Å². The van der Waals surface area contributed by atoms with Crippen LogP contribution in [0.1, 0.15) is 58.8 Å². The molecule has 3 fully saturated rings. The fourth-order valence-corrected chi connectivity index (χ4v) is 7.14. The highest BCUT2D eigenvalue weighted by Gasteiger charge is 2.72. The standard InChI is InChI=1S/C30H41ClN4O4/c1-3-16-34(17-4-2)18-19-35-26(28(37)33-21-8-6-5-7-9-21)30-15-14-23(39-30)24(25(30)29(35)38)27(36)32-22-12-10-20(31)11-13-22/h10-15,21,23-26H,3-9,16-19H2,1-2H3,(H,32,36)(H,33,37). The van der Waals surface area contributed by atoms with Gasteiger partial charge in [-0.25, -0.2) is 0 Å². The summed E-state index contributed by atoms with van der Waals surface area (Å²) >= 11 is 6.01. The van der Waals surface area contributed by atoms with Gasteiger partial charge in [0.25, 0.3) is 0 Å². The van der Waals surface area contributed by atoms with Crippen LogP contribution >= 0.6 is 11.6 Å². The Morgan fingerprint density at radius 2 is 1.74 bits per heavy atom. The van der Waals surface area contributed by atoms with Crippen molar-refractivity contribution in [2.24, 2.45) is 11.8 Å². The van der Waals surface area contributed by atoms with Crippen LogP contribution in [0.4, 0.5) is 5.69 Å². The Balaban J connectivity index is 1.41. The van der Waals surface area contributed by atoms with Gasteiger partial charge in [-0.2, -0.15) is 0 Å². The minimum Gasteiger partial charge on any atom is -0.359 e. The summed E-state index contributed by atoms with van der Waals surface area (Å²) in [6, 6.07) is 6.21. The Morgan fingerprint density at radius 1 is 1.05 bits per heavy atom. The maximum absolute atomic E-state index is 14.1. The smallest absolute Gasteiger partial charge is 0.246 e. The van der Waals surface area contributed by atoms with E-state index < -0.39 is 29.6 Å². The van der Waals surface area contributed by atoms with Gasteiger partial charge in [-0.05, 0) is 63.0 Å². The fourth-order valence-electron chi connectivity index (χ4n) is 7.01. The number of benzene rings is 1. The number of ether oxygens (including phenoxy) is 1. The number of fused-ring (bicyclic) bond motifs is 1. The van der Waals surface area contributed by atoms with E-state index in [2.05, 4.69) is 29.4 Å². The lowest BCUT2D eigenvalue weighted by Gasteiger charge is -2.35. The average molecular weight is 557 g/mol. The summed E-state index contributed by atoms with van der Waals surface area (Å²) < 4.78 is 6.47. The van der Waals surface area contributed by atoms with Crippen LogP contribution < -0.4 is 10.6 Å². The molecule has 2 saturated heterocycles. The molecule has 0 radical (unpaired) electrons. The van der Waals surface area contributed by atoms with E-state index in [9.17, 15) is 14.4 Å². The van der Waals surface area contributed by atoms with E-state index in [1.165, 1.54) is 6.42 Å². The highest BCUT2D eigenvalue weighted by atomic mass is 35.5. The van der Waals surface area contributed by atoms with Crippen LogP contribution in [0.3, 0.4) is 0 Å². The number of hydrogen-bond donors (Lipinski definition) is 2. The number of halogens is 1. The van der Waals surface area contributed by atoms with E-state index in [-0.39, 0.29) is 23.8 Å². The maximum Gasteiger partial charge on any atom is 0.246 e. The molecule has 8 nitrogen and oxygen atoms in total. The number of nitrogens with one attached hydrogen (secondary N) is 2. The highest BCUT2D eigenvalue weighted by Crippen LogP contribution is 2.55. The van der Waals surface area contributed by atoms with Gasteiger partial charge in [0.05, 0.1) is 17.9 Å². The molecule has 212 valence electrons. The summed E-state index contributed by atoms with van der Waals surface area (Å²) in [6.07, 6.45) is 10.5. The molecule has 0 aromatic heterocycles. The average Bonchev–Trinajstić information content (AvgIpc) is 3.56. The summed E-state index contributed by atoms with van der Waals surface area (Å²) in [5.41, 5.74) is -0.531. The van der Waals surface area contributed by atoms with Crippen molar-refractivity contribution in [3.05, 3.63) is 41.4 Å². The second-order valence-corrected chi connectivity index (χ2v) is 11.9. The van der Waals surface area contributed by atoms with Gasteiger partial charge in [0.15, 0.2) is 0 Å². The number of likely N-dealkylation sites (tertiary alicyclic amines) is 1. The topological polar surface area (TPSA) is 91.0 Å². The van der Waals surface area contributed by atoms with E-state index in [1.54, 1.807) is 29.2 Å². The molecule has 9 heteroatoms. The van der Waals surface area contributed by atoms with Crippen LogP contribution in [0, 0.1) is 11.8 Å². The number of anilines is 1. The van der Waals surface area contributed by atoms with Gasteiger partial charge in [-0.15, -0.1) is 0 Å². The third-order valence-electron chi connectivity index (χ3n) is 8.73. The second kappa shape index (κ2) is 12.0. The van der Waals surface area contributed by atoms with Crippen LogP contribution in [-0.4, -0.2) is 77.5 Å². The molecule has 2 bridgehead atoms. The van der Waals surface area contributed by atoms with Crippen molar-refractivity contribution < 1.29 is 19.1 Å². The Kier molecular flexibility index (Phi) is 8.64. The van der Waals surface area contributed by atoms with Crippen molar-refractivity contribution in [1.82, 2.24) is 15.1 Å². The molecule has 1 aromatic carbocycles. The summed E-state index contributed by atoms with van der Waals surface area (Å²) in [7, 11) is 0. The Hall–Kier alpha value is -2.42. The number of carbonyl (C=O) groups is 3. The van der Waals surface area contributed by atoms with Gasteiger partial charge < -0.3 is 25.2 Å². The van der Waals surface area contributed by atoms with Crippen LogP contribution in [0.15, 0.2) is 36.4 Å². The van der Waals surface area contributed by atoms with Crippen molar-refractivity contribution in [2.45, 2.75) is 82.6 Å². The van der Waals surface area contributed by atoms with Gasteiger partial charge in [0.1, 0.15) is 11.6 Å². The van der Waals surface area contributed by atoms with Gasteiger partial charge in [0.2, 0.25) is 17.7 Å². The van der Waals surface area contributed by atoms with Gasteiger partial charge in [0, 0.05) is 29.8 Å². The van der Waals surface area contributed by atoms with E-state index in [4.69, 9.17) is 16.3 Å². The number of rotatable bonds is 11. The van der Waals surface area contributed by atoms with Gasteiger partial charge in [-0.1, -0.05) is 56.9 Å². The zero-order chi connectivity index (χ0) is 27.6. The van der Waals surface area contributed by atoms with Crippen LogP contribution in [-0.2, 0) is 19.1 Å². The van der Waals surface area contributed by atoms with Crippen molar-refractivity contribution in [2.75, 3.05) is 31.5 Å². The third-order valence-corrected chi connectivity index (χ3v) is 8.98. The lowest BCUT2D eigenvalue weighted by Crippen LogP contribution is -2.57. The molecule has 1 spiro atoms. The number of carbonyl (C=O) groups excluding carboxylic acids is 3. The van der Waals surface area contributed by atoms with Crippen LogP contribution in [0.5, 0.6) is 0 Å². The molecule has 1 aromatic rings. The summed E-state index contributed by atoms with van der Waals surface area (Å²) in [4.78, 5) is 45.7. The lowest BCUT2D eigenvalue weighted by molar-refractivity contribution is -0.141. The normalized spacial score (nSPS) is 29.7. The molecule has 5 atom stereocenters. The van der Waals surface area contributed by atoms with Crippen molar-refractivity contribution in [3.63, 3.8) is 0 Å². The molecule has 5 rings (SSSR count). The molecule has 5 unspecified atom stereocenters. The van der Waals surface area contributed by atoms with Crippen LogP contribution in [0.25, 0.3) is 0 Å². The molecular formula is C30H41ClN4O4. The van der Waals surface area contributed by atoms with E-state index in [0.29, 0.717) is 23.8 Å². The first-order chi connectivity index (χ1) is 18.9. The van der Waals surface area contributed by atoms with Gasteiger partial charge >= 0.3 is 0 Å². The molecule has 2 N–H and O–H groups in total. The Bertz CT molecular complexity index is 1080. The zero-order valence-electron chi connectivity index (χ0n) is 23.0. The molecule has 39 heavy (non-hydrogen) atoms. The van der Waals surface area contributed by atoms with Crippen molar-refractivity contribution in [3.8, 4) is 0 Å². The fraction of sp³-hybridized carbons (Fsp3) is 0.633. The van der Waals surface area contributed by atoms with E-state index in [0.717, 1.165) is 51.6 Å². The number of hydrogen-bond acceptors (Lipinski definition) is 5. The maximum atomic E-state index is 14.1. The number of amides is 3. The quantitative estimate of drug-likeness (QED) is 0.402. The SMILES string of the molecule is CCCN(CCC)CCN1C(=O)C2C(C(=O)Nc3ccc(Cl)cc3)C3C=CC2(O3)C1C(=O)NC1CCCCC1. The molecule has 1 aliphatic carbocycles. The predicted octanol–water partition coefficient (Wildman–Crippen LogP) is 4.00.